The van der Waals surface area contributed by atoms with Gasteiger partial charge in [0.05, 0.1) is 16.4 Å². The van der Waals surface area contributed by atoms with Gasteiger partial charge in [-0.2, -0.15) is 0 Å². The molecule has 0 aliphatic carbocycles. The van der Waals surface area contributed by atoms with Crippen molar-refractivity contribution in [2.75, 3.05) is 5.73 Å². The van der Waals surface area contributed by atoms with E-state index in [4.69, 9.17) is 10.5 Å². The highest BCUT2D eigenvalue weighted by molar-refractivity contribution is 9.10. The Morgan fingerprint density at radius 2 is 1.92 bits per heavy atom. The Bertz CT molecular complexity index is 830. The molecule has 1 aliphatic rings. The van der Waals surface area contributed by atoms with Gasteiger partial charge >= 0.3 is 6.36 Å². The molecule has 2 aromatic carbocycles. The number of benzene rings is 2. The molecule has 0 radical (unpaired) electrons. The summed E-state index contributed by atoms with van der Waals surface area (Å²) >= 11 is 3.43. The molecular formula is C18H15BrF3NO2. The smallest absolute Gasteiger partial charge is 0.463 e. The number of nitrogen functional groups attached to an aromatic ring is 1. The maximum atomic E-state index is 12.3. The standard InChI is InChI=1S/C18H15BrF3NO2/c1-2-10-7-14-13(8-15(23)16(19)17(14)24-9-10)11-3-5-12(6-4-11)25-18(20,21)22/h3-6,8-9H,2,7,23H2,1H3. The molecule has 7 heteroatoms. The Kier molecular flexibility index (Phi) is 4.69. The minimum absolute atomic E-state index is 0.263. The van der Waals surface area contributed by atoms with Crippen molar-refractivity contribution in [1.82, 2.24) is 0 Å². The second kappa shape index (κ2) is 6.63. The van der Waals surface area contributed by atoms with Gasteiger partial charge in [-0.05, 0) is 57.2 Å². The summed E-state index contributed by atoms with van der Waals surface area (Å²) in [7, 11) is 0. The quantitative estimate of drug-likeness (QED) is 0.644. The Morgan fingerprint density at radius 3 is 2.52 bits per heavy atom. The summed E-state index contributed by atoms with van der Waals surface area (Å²) in [4.78, 5) is 0. The minimum Gasteiger partial charge on any atom is -0.463 e. The van der Waals surface area contributed by atoms with Crippen LogP contribution in [-0.4, -0.2) is 6.36 Å². The molecule has 0 saturated carbocycles. The molecule has 0 bridgehead atoms. The third-order valence-corrected chi connectivity index (χ3v) is 4.77. The molecule has 0 spiro atoms. The second-order valence-electron chi connectivity index (χ2n) is 5.63. The fourth-order valence-corrected chi connectivity index (χ4v) is 3.15. The largest absolute Gasteiger partial charge is 0.573 e. The first kappa shape index (κ1) is 17.7. The van der Waals surface area contributed by atoms with Gasteiger partial charge < -0.3 is 15.2 Å². The van der Waals surface area contributed by atoms with Crippen LogP contribution in [-0.2, 0) is 6.42 Å². The van der Waals surface area contributed by atoms with E-state index in [2.05, 4.69) is 20.7 Å². The molecule has 0 aromatic heterocycles. The number of hydrogen-bond acceptors (Lipinski definition) is 3. The first-order chi connectivity index (χ1) is 11.8. The third-order valence-electron chi connectivity index (χ3n) is 3.95. The van der Waals surface area contributed by atoms with Crippen molar-refractivity contribution in [1.29, 1.82) is 0 Å². The average Bonchev–Trinajstić information content (AvgIpc) is 2.57. The monoisotopic (exact) mass is 413 g/mol. The Morgan fingerprint density at radius 1 is 1.24 bits per heavy atom. The van der Waals surface area contributed by atoms with Crippen molar-refractivity contribution < 1.29 is 22.6 Å². The van der Waals surface area contributed by atoms with E-state index in [9.17, 15) is 13.2 Å². The van der Waals surface area contributed by atoms with E-state index in [0.717, 1.165) is 28.7 Å². The Labute approximate surface area is 151 Å². The summed E-state index contributed by atoms with van der Waals surface area (Å²) in [6.07, 6.45) is -1.45. The van der Waals surface area contributed by atoms with Gasteiger partial charge in [0, 0.05) is 12.0 Å². The van der Waals surface area contributed by atoms with Crippen LogP contribution in [0.2, 0.25) is 0 Å². The van der Waals surface area contributed by atoms with Crippen LogP contribution in [0.25, 0.3) is 11.1 Å². The third kappa shape index (κ3) is 3.76. The molecule has 2 N–H and O–H groups in total. The molecule has 0 saturated heterocycles. The molecule has 3 nitrogen and oxygen atoms in total. The van der Waals surface area contributed by atoms with Gasteiger partial charge in [-0.15, -0.1) is 13.2 Å². The van der Waals surface area contributed by atoms with Gasteiger partial charge in [-0.3, -0.25) is 0 Å². The average molecular weight is 414 g/mol. The van der Waals surface area contributed by atoms with Crippen molar-refractivity contribution in [2.24, 2.45) is 0 Å². The highest BCUT2D eigenvalue weighted by Crippen LogP contribution is 2.44. The Hall–Kier alpha value is -2.15. The fourth-order valence-electron chi connectivity index (χ4n) is 2.70. The summed E-state index contributed by atoms with van der Waals surface area (Å²) in [5.41, 5.74) is 10.2. The number of ether oxygens (including phenoxy) is 2. The van der Waals surface area contributed by atoms with Crippen LogP contribution in [0.1, 0.15) is 18.9 Å². The lowest BCUT2D eigenvalue weighted by atomic mass is 9.92. The maximum Gasteiger partial charge on any atom is 0.573 e. The van der Waals surface area contributed by atoms with Crippen LogP contribution < -0.4 is 15.2 Å². The number of hydrogen-bond donors (Lipinski definition) is 1. The number of alkyl halides is 3. The predicted octanol–water partition coefficient (Wildman–Crippen LogP) is 5.83. The predicted molar refractivity (Wildman–Crippen MR) is 93.4 cm³/mol. The molecule has 0 amide bonds. The SMILES string of the molecule is CCC1=COc2c(Br)c(N)cc(-c3ccc(OC(F)(F)F)cc3)c2C1. The second-order valence-corrected chi connectivity index (χ2v) is 6.42. The number of allylic oxidation sites excluding steroid dienone is 1. The summed E-state index contributed by atoms with van der Waals surface area (Å²) in [6, 6.07) is 7.52. The van der Waals surface area contributed by atoms with Gasteiger partial charge in [0.25, 0.3) is 0 Å². The molecule has 0 unspecified atom stereocenters. The molecule has 25 heavy (non-hydrogen) atoms. The molecule has 132 valence electrons. The molecule has 2 aromatic rings. The molecular weight excluding hydrogens is 399 g/mol. The lowest BCUT2D eigenvalue weighted by molar-refractivity contribution is -0.274. The van der Waals surface area contributed by atoms with Gasteiger partial charge in [0.2, 0.25) is 0 Å². The number of halogens is 4. The topological polar surface area (TPSA) is 44.5 Å². The van der Waals surface area contributed by atoms with E-state index in [0.29, 0.717) is 22.3 Å². The van der Waals surface area contributed by atoms with Crippen molar-refractivity contribution in [3.63, 3.8) is 0 Å². The van der Waals surface area contributed by atoms with E-state index in [1.807, 2.05) is 6.92 Å². The highest BCUT2D eigenvalue weighted by atomic mass is 79.9. The molecule has 1 aliphatic heterocycles. The number of nitrogens with two attached hydrogens (primary N) is 1. The van der Waals surface area contributed by atoms with E-state index in [-0.39, 0.29) is 5.75 Å². The lowest BCUT2D eigenvalue weighted by Crippen LogP contribution is -2.16. The normalized spacial score (nSPS) is 13.7. The van der Waals surface area contributed by atoms with Gasteiger partial charge in [-0.25, -0.2) is 0 Å². The first-order valence-electron chi connectivity index (χ1n) is 7.60. The minimum atomic E-state index is -4.71. The lowest BCUT2D eigenvalue weighted by Gasteiger charge is -2.22. The van der Waals surface area contributed by atoms with Gasteiger partial charge in [-0.1, -0.05) is 19.1 Å². The van der Waals surface area contributed by atoms with Gasteiger partial charge in [0.1, 0.15) is 11.5 Å². The summed E-state index contributed by atoms with van der Waals surface area (Å²) in [6.45, 7) is 2.04. The summed E-state index contributed by atoms with van der Waals surface area (Å²) < 4.78 is 47.2. The highest BCUT2D eigenvalue weighted by Gasteiger charge is 2.31. The van der Waals surface area contributed by atoms with E-state index in [1.165, 1.54) is 12.1 Å². The zero-order valence-corrected chi connectivity index (χ0v) is 14.9. The Balaban J connectivity index is 2.02. The number of anilines is 1. The number of rotatable bonds is 3. The summed E-state index contributed by atoms with van der Waals surface area (Å²) in [5, 5.41) is 0. The molecule has 3 rings (SSSR count). The zero-order valence-electron chi connectivity index (χ0n) is 13.3. The molecule has 1 heterocycles. The van der Waals surface area contributed by atoms with Crippen molar-refractivity contribution in [3.8, 4) is 22.6 Å². The van der Waals surface area contributed by atoms with Gasteiger partial charge in [0.15, 0.2) is 0 Å². The first-order valence-corrected chi connectivity index (χ1v) is 8.39. The van der Waals surface area contributed by atoms with Crippen molar-refractivity contribution >= 4 is 21.6 Å². The van der Waals surface area contributed by atoms with Crippen LogP contribution >= 0.6 is 15.9 Å². The fraction of sp³-hybridized carbons (Fsp3) is 0.222. The van der Waals surface area contributed by atoms with E-state index in [1.54, 1.807) is 24.5 Å². The number of fused-ring (bicyclic) bond motifs is 1. The zero-order chi connectivity index (χ0) is 18.2. The van der Waals surface area contributed by atoms with Crippen LogP contribution in [0.4, 0.5) is 18.9 Å². The van der Waals surface area contributed by atoms with Crippen LogP contribution in [0.15, 0.2) is 46.6 Å². The van der Waals surface area contributed by atoms with E-state index < -0.39 is 6.36 Å². The van der Waals surface area contributed by atoms with Crippen LogP contribution in [0.5, 0.6) is 11.5 Å². The van der Waals surface area contributed by atoms with Crippen LogP contribution in [0, 0.1) is 0 Å². The van der Waals surface area contributed by atoms with E-state index >= 15 is 0 Å². The maximum absolute atomic E-state index is 12.3. The molecule has 0 atom stereocenters. The van der Waals surface area contributed by atoms with Crippen molar-refractivity contribution in [3.05, 3.63) is 52.2 Å². The summed E-state index contributed by atoms with van der Waals surface area (Å²) in [5.74, 6) is 0.378. The molecule has 0 fully saturated rings. The van der Waals surface area contributed by atoms with Crippen LogP contribution in [0.3, 0.4) is 0 Å². The van der Waals surface area contributed by atoms with Crippen molar-refractivity contribution in [2.45, 2.75) is 26.1 Å².